The van der Waals surface area contributed by atoms with Gasteiger partial charge in [0.1, 0.15) is 5.75 Å². The van der Waals surface area contributed by atoms with Crippen LogP contribution in [0.3, 0.4) is 0 Å². The number of benzene rings is 1. The predicted molar refractivity (Wildman–Crippen MR) is 72.0 cm³/mol. The van der Waals surface area contributed by atoms with Gasteiger partial charge in [0.15, 0.2) is 0 Å². The van der Waals surface area contributed by atoms with E-state index in [9.17, 15) is 0 Å². The molecule has 1 aromatic carbocycles. The summed E-state index contributed by atoms with van der Waals surface area (Å²) >= 11 is 6.18. The second kappa shape index (κ2) is 5.74. The van der Waals surface area contributed by atoms with Gasteiger partial charge in [0, 0.05) is 23.0 Å². The smallest absolute Gasteiger partial charge is 0.127 e. The van der Waals surface area contributed by atoms with Gasteiger partial charge in [-0.1, -0.05) is 25.4 Å². The maximum atomic E-state index is 6.18. The van der Waals surface area contributed by atoms with Crippen LogP contribution in [-0.2, 0) is 6.42 Å². The van der Waals surface area contributed by atoms with E-state index in [1.165, 1.54) is 11.1 Å². The molecule has 17 heavy (non-hydrogen) atoms. The molecule has 0 saturated carbocycles. The molecule has 1 heterocycles. The number of hydrogen-bond acceptors (Lipinski definition) is 2. The SMILES string of the molecule is CCCNC(CC)c1cc(Cl)cc2c1OCC2. The lowest BCUT2D eigenvalue weighted by molar-refractivity contribution is 0.347. The summed E-state index contributed by atoms with van der Waals surface area (Å²) in [7, 11) is 0. The van der Waals surface area contributed by atoms with Crippen molar-refractivity contribution in [1.82, 2.24) is 5.32 Å². The van der Waals surface area contributed by atoms with Crippen molar-refractivity contribution >= 4 is 11.6 Å². The van der Waals surface area contributed by atoms with Crippen molar-refractivity contribution in [1.29, 1.82) is 0 Å². The zero-order valence-electron chi connectivity index (χ0n) is 10.6. The van der Waals surface area contributed by atoms with E-state index in [-0.39, 0.29) is 0 Å². The molecule has 1 atom stereocenters. The highest BCUT2D eigenvalue weighted by molar-refractivity contribution is 6.30. The molecule has 1 unspecified atom stereocenters. The largest absolute Gasteiger partial charge is 0.493 e. The Labute approximate surface area is 108 Å². The van der Waals surface area contributed by atoms with E-state index in [1.807, 2.05) is 12.1 Å². The molecule has 2 rings (SSSR count). The first kappa shape index (κ1) is 12.7. The van der Waals surface area contributed by atoms with Crippen LogP contribution in [0.4, 0.5) is 0 Å². The van der Waals surface area contributed by atoms with Crippen molar-refractivity contribution in [3.05, 3.63) is 28.3 Å². The van der Waals surface area contributed by atoms with E-state index >= 15 is 0 Å². The van der Waals surface area contributed by atoms with Crippen LogP contribution in [0, 0.1) is 0 Å². The third-order valence-electron chi connectivity index (χ3n) is 3.20. The Balaban J connectivity index is 2.29. The molecular weight excluding hydrogens is 234 g/mol. The molecule has 3 heteroatoms. The first-order chi connectivity index (χ1) is 8.26. The first-order valence-corrected chi connectivity index (χ1v) is 6.82. The van der Waals surface area contributed by atoms with E-state index in [4.69, 9.17) is 16.3 Å². The molecule has 0 amide bonds. The molecule has 0 aromatic heterocycles. The quantitative estimate of drug-likeness (QED) is 0.864. The summed E-state index contributed by atoms with van der Waals surface area (Å²) in [6.07, 6.45) is 3.17. The Hall–Kier alpha value is -0.730. The highest BCUT2D eigenvalue weighted by Gasteiger charge is 2.22. The lowest BCUT2D eigenvalue weighted by atomic mass is 10.00. The Morgan fingerprint density at radius 3 is 2.94 bits per heavy atom. The second-order valence-electron chi connectivity index (χ2n) is 4.50. The predicted octanol–water partition coefficient (Wildman–Crippen LogP) is 3.73. The Kier molecular flexibility index (Phi) is 4.30. The van der Waals surface area contributed by atoms with Crippen LogP contribution in [0.2, 0.25) is 5.02 Å². The van der Waals surface area contributed by atoms with Gasteiger partial charge in [-0.25, -0.2) is 0 Å². The van der Waals surface area contributed by atoms with Gasteiger partial charge < -0.3 is 10.1 Å². The van der Waals surface area contributed by atoms with Crippen LogP contribution >= 0.6 is 11.6 Å². The highest BCUT2D eigenvalue weighted by Crippen LogP contribution is 2.37. The Morgan fingerprint density at radius 1 is 1.41 bits per heavy atom. The molecule has 94 valence electrons. The zero-order chi connectivity index (χ0) is 12.3. The van der Waals surface area contributed by atoms with Crippen molar-refractivity contribution in [3.8, 4) is 5.75 Å². The molecule has 0 saturated heterocycles. The van der Waals surface area contributed by atoms with Crippen molar-refractivity contribution in [2.45, 2.75) is 39.2 Å². The fourth-order valence-corrected chi connectivity index (χ4v) is 2.60. The van der Waals surface area contributed by atoms with Crippen molar-refractivity contribution in [2.75, 3.05) is 13.2 Å². The van der Waals surface area contributed by atoms with Crippen LogP contribution in [0.25, 0.3) is 0 Å². The summed E-state index contributed by atoms with van der Waals surface area (Å²) in [5.41, 5.74) is 2.48. The van der Waals surface area contributed by atoms with Crippen LogP contribution in [0.15, 0.2) is 12.1 Å². The molecule has 0 fully saturated rings. The van der Waals surface area contributed by atoms with Gasteiger partial charge in [-0.2, -0.15) is 0 Å². The summed E-state index contributed by atoms with van der Waals surface area (Å²) in [4.78, 5) is 0. The fraction of sp³-hybridized carbons (Fsp3) is 0.571. The van der Waals surface area contributed by atoms with Gasteiger partial charge in [-0.15, -0.1) is 0 Å². The molecule has 1 N–H and O–H groups in total. The lowest BCUT2D eigenvalue weighted by Crippen LogP contribution is -2.22. The van der Waals surface area contributed by atoms with E-state index < -0.39 is 0 Å². The Morgan fingerprint density at radius 2 is 2.24 bits per heavy atom. The number of halogens is 1. The number of rotatable bonds is 5. The molecule has 0 bridgehead atoms. The summed E-state index contributed by atoms with van der Waals surface area (Å²) in [5.74, 6) is 1.06. The topological polar surface area (TPSA) is 21.3 Å². The average molecular weight is 254 g/mol. The summed E-state index contributed by atoms with van der Waals surface area (Å²) in [6.45, 7) is 6.18. The minimum Gasteiger partial charge on any atom is -0.493 e. The molecule has 0 radical (unpaired) electrons. The average Bonchev–Trinajstić information content (AvgIpc) is 2.77. The number of nitrogens with one attached hydrogen (secondary N) is 1. The van der Waals surface area contributed by atoms with E-state index in [0.717, 1.165) is 43.2 Å². The highest BCUT2D eigenvalue weighted by atomic mass is 35.5. The first-order valence-electron chi connectivity index (χ1n) is 6.44. The van der Waals surface area contributed by atoms with Gasteiger partial charge in [0.05, 0.1) is 6.61 Å². The van der Waals surface area contributed by atoms with Crippen LogP contribution in [-0.4, -0.2) is 13.2 Å². The van der Waals surface area contributed by atoms with Crippen LogP contribution in [0.5, 0.6) is 5.75 Å². The lowest BCUT2D eigenvalue weighted by Gasteiger charge is -2.20. The minimum atomic E-state index is 0.348. The zero-order valence-corrected chi connectivity index (χ0v) is 11.3. The number of ether oxygens (including phenoxy) is 1. The number of hydrogen-bond donors (Lipinski definition) is 1. The van der Waals surface area contributed by atoms with Gasteiger partial charge >= 0.3 is 0 Å². The van der Waals surface area contributed by atoms with E-state index in [1.54, 1.807) is 0 Å². The molecule has 0 aliphatic carbocycles. The molecule has 2 nitrogen and oxygen atoms in total. The van der Waals surface area contributed by atoms with E-state index in [2.05, 4.69) is 19.2 Å². The van der Waals surface area contributed by atoms with Crippen molar-refractivity contribution in [3.63, 3.8) is 0 Å². The van der Waals surface area contributed by atoms with Crippen molar-refractivity contribution < 1.29 is 4.74 Å². The standard InChI is InChI=1S/C14H20ClNO/c1-3-6-16-13(4-2)12-9-11(15)8-10-5-7-17-14(10)12/h8-9,13,16H,3-7H2,1-2H3. The molecule has 0 spiro atoms. The molecule has 1 aliphatic rings. The summed E-state index contributed by atoms with van der Waals surface area (Å²) in [5, 5.41) is 4.37. The number of fused-ring (bicyclic) bond motifs is 1. The van der Waals surface area contributed by atoms with Crippen LogP contribution < -0.4 is 10.1 Å². The molecule has 1 aliphatic heterocycles. The third-order valence-corrected chi connectivity index (χ3v) is 3.42. The fourth-order valence-electron chi connectivity index (χ4n) is 2.35. The molecular formula is C14H20ClNO. The maximum Gasteiger partial charge on any atom is 0.127 e. The van der Waals surface area contributed by atoms with Gasteiger partial charge in [0.2, 0.25) is 0 Å². The van der Waals surface area contributed by atoms with Crippen molar-refractivity contribution in [2.24, 2.45) is 0 Å². The summed E-state index contributed by atoms with van der Waals surface area (Å²) < 4.78 is 5.75. The van der Waals surface area contributed by atoms with Gasteiger partial charge in [0.25, 0.3) is 0 Å². The third kappa shape index (κ3) is 2.75. The van der Waals surface area contributed by atoms with Gasteiger partial charge in [-0.3, -0.25) is 0 Å². The van der Waals surface area contributed by atoms with Gasteiger partial charge in [-0.05, 0) is 37.1 Å². The van der Waals surface area contributed by atoms with Crippen LogP contribution in [0.1, 0.15) is 43.9 Å². The normalized spacial score (nSPS) is 15.5. The maximum absolute atomic E-state index is 6.18. The van der Waals surface area contributed by atoms with E-state index in [0.29, 0.717) is 6.04 Å². The summed E-state index contributed by atoms with van der Waals surface area (Å²) in [6, 6.07) is 4.42. The molecule has 1 aromatic rings. The Bertz CT molecular complexity index is 392. The minimum absolute atomic E-state index is 0.348. The second-order valence-corrected chi connectivity index (χ2v) is 4.93. The monoisotopic (exact) mass is 253 g/mol.